The zero-order valence-electron chi connectivity index (χ0n) is 8.97. The fourth-order valence-corrected chi connectivity index (χ4v) is 1.04. The van der Waals surface area contributed by atoms with Crippen LogP contribution in [0.3, 0.4) is 0 Å². The Morgan fingerprint density at radius 1 is 1.60 bits per heavy atom. The molecule has 0 spiro atoms. The summed E-state index contributed by atoms with van der Waals surface area (Å²) in [6.45, 7) is 3.98. The molecular formula is C11H15N3O. The molecule has 0 aliphatic carbocycles. The average molecular weight is 205 g/mol. The van der Waals surface area contributed by atoms with Gasteiger partial charge >= 0.3 is 0 Å². The van der Waals surface area contributed by atoms with Crippen molar-refractivity contribution in [2.75, 3.05) is 0 Å². The van der Waals surface area contributed by atoms with Crippen molar-refractivity contribution in [1.29, 1.82) is 0 Å². The van der Waals surface area contributed by atoms with Gasteiger partial charge in [0.15, 0.2) is 0 Å². The van der Waals surface area contributed by atoms with Crippen molar-refractivity contribution in [3.63, 3.8) is 0 Å². The molecule has 0 aliphatic heterocycles. The van der Waals surface area contributed by atoms with E-state index >= 15 is 0 Å². The van der Waals surface area contributed by atoms with Crippen molar-refractivity contribution in [3.8, 4) is 0 Å². The third-order valence-electron chi connectivity index (χ3n) is 1.67. The summed E-state index contributed by atoms with van der Waals surface area (Å²) in [5.41, 5.74) is 3.18. The first-order chi connectivity index (χ1) is 7.18. The molecule has 4 heteroatoms. The summed E-state index contributed by atoms with van der Waals surface area (Å²) in [5, 5.41) is 3.81. The van der Waals surface area contributed by atoms with Gasteiger partial charge in [-0.1, -0.05) is 19.9 Å². The van der Waals surface area contributed by atoms with E-state index in [1.165, 1.54) is 6.21 Å². The van der Waals surface area contributed by atoms with Gasteiger partial charge in [-0.15, -0.1) is 0 Å². The number of hydrogen-bond donors (Lipinski definition) is 1. The van der Waals surface area contributed by atoms with Crippen LogP contribution >= 0.6 is 0 Å². The number of nitrogens with one attached hydrogen (secondary N) is 1. The van der Waals surface area contributed by atoms with E-state index in [-0.39, 0.29) is 5.91 Å². The van der Waals surface area contributed by atoms with Gasteiger partial charge in [-0.25, -0.2) is 5.43 Å². The standard InChI is InChI=1S/C11H15N3O/c1-9(2)7-11(15)14-13-8-10-5-3-4-6-12-10/h3-6,8-9H,7H2,1-2H3,(H,14,15). The van der Waals surface area contributed by atoms with Gasteiger partial charge in [0.1, 0.15) is 0 Å². The maximum Gasteiger partial charge on any atom is 0.240 e. The zero-order valence-corrected chi connectivity index (χ0v) is 8.97. The molecule has 1 heterocycles. The summed E-state index contributed by atoms with van der Waals surface area (Å²) >= 11 is 0. The molecule has 0 saturated carbocycles. The molecule has 1 N–H and O–H groups in total. The molecule has 1 amide bonds. The summed E-state index contributed by atoms with van der Waals surface area (Å²) in [6, 6.07) is 5.51. The highest BCUT2D eigenvalue weighted by molar-refractivity contribution is 5.80. The van der Waals surface area contributed by atoms with Crippen molar-refractivity contribution >= 4 is 12.1 Å². The first-order valence-corrected chi connectivity index (χ1v) is 4.91. The van der Waals surface area contributed by atoms with Gasteiger partial charge in [-0.05, 0) is 18.1 Å². The molecule has 15 heavy (non-hydrogen) atoms. The number of hydrogen-bond acceptors (Lipinski definition) is 3. The first-order valence-electron chi connectivity index (χ1n) is 4.91. The summed E-state index contributed by atoms with van der Waals surface area (Å²) in [4.78, 5) is 15.2. The summed E-state index contributed by atoms with van der Waals surface area (Å²) < 4.78 is 0. The maximum atomic E-state index is 11.2. The Hall–Kier alpha value is -1.71. The van der Waals surface area contributed by atoms with Crippen LogP contribution in [0.2, 0.25) is 0 Å². The highest BCUT2D eigenvalue weighted by Crippen LogP contribution is 1.97. The predicted octanol–water partition coefficient (Wildman–Crippen LogP) is 1.58. The van der Waals surface area contributed by atoms with Crippen molar-refractivity contribution in [1.82, 2.24) is 10.4 Å². The monoisotopic (exact) mass is 205 g/mol. The van der Waals surface area contributed by atoms with Crippen LogP contribution in [-0.4, -0.2) is 17.1 Å². The molecule has 0 bridgehead atoms. The van der Waals surface area contributed by atoms with Crippen molar-refractivity contribution in [2.45, 2.75) is 20.3 Å². The van der Waals surface area contributed by atoms with Crippen molar-refractivity contribution < 1.29 is 4.79 Å². The van der Waals surface area contributed by atoms with Gasteiger partial charge in [-0.2, -0.15) is 5.10 Å². The number of carbonyl (C=O) groups excluding carboxylic acids is 1. The lowest BCUT2D eigenvalue weighted by atomic mass is 10.1. The lowest BCUT2D eigenvalue weighted by molar-refractivity contribution is -0.121. The van der Waals surface area contributed by atoms with E-state index in [0.717, 1.165) is 5.69 Å². The minimum atomic E-state index is -0.0721. The highest BCUT2D eigenvalue weighted by atomic mass is 16.2. The number of pyridine rings is 1. The number of amides is 1. The van der Waals surface area contributed by atoms with Crippen LogP contribution < -0.4 is 5.43 Å². The molecule has 1 aromatic heterocycles. The molecule has 0 saturated heterocycles. The van der Waals surface area contributed by atoms with Crippen molar-refractivity contribution in [3.05, 3.63) is 30.1 Å². The first kappa shape index (κ1) is 11.4. The quantitative estimate of drug-likeness (QED) is 0.599. The van der Waals surface area contributed by atoms with Gasteiger partial charge in [0.2, 0.25) is 5.91 Å². The molecule has 1 rings (SSSR count). The minimum Gasteiger partial charge on any atom is -0.273 e. The van der Waals surface area contributed by atoms with E-state index in [9.17, 15) is 4.79 Å². The Kier molecular flexibility index (Phi) is 4.47. The fourth-order valence-electron chi connectivity index (χ4n) is 1.04. The molecule has 1 aromatic rings. The number of carbonyl (C=O) groups is 1. The van der Waals surface area contributed by atoms with Gasteiger partial charge in [-0.3, -0.25) is 9.78 Å². The summed E-state index contributed by atoms with van der Waals surface area (Å²) in [6.07, 6.45) is 3.69. The largest absolute Gasteiger partial charge is 0.273 e. The smallest absolute Gasteiger partial charge is 0.240 e. The summed E-state index contributed by atoms with van der Waals surface area (Å²) in [7, 11) is 0. The normalized spacial score (nSPS) is 10.9. The second-order valence-electron chi connectivity index (χ2n) is 3.65. The predicted molar refractivity (Wildman–Crippen MR) is 59.4 cm³/mol. The van der Waals surface area contributed by atoms with Gasteiger partial charge < -0.3 is 0 Å². The van der Waals surface area contributed by atoms with Crippen LogP contribution in [0.5, 0.6) is 0 Å². The fraction of sp³-hybridized carbons (Fsp3) is 0.364. The van der Waals surface area contributed by atoms with Crippen LogP contribution in [0.15, 0.2) is 29.5 Å². The third-order valence-corrected chi connectivity index (χ3v) is 1.67. The second-order valence-corrected chi connectivity index (χ2v) is 3.65. The molecule has 0 fully saturated rings. The number of rotatable bonds is 4. The topological polar surface area (TPSA) is 54.4 Å². The Balaban J connectivity index is 2.37. The van der Waals surface area contributed by atoms with Crippen molar-refractivity contribution in [2.24, 2.45) is 11.0 Å². The van der Waals surface area contributed by atoms with E-state index in [1.807, 2.05) is 32.0 Å². The number of hydrazone groups is 1. The molecule has 0 radical (unpaired) electrons. The molecule has 0 unspecified atom stereocenters. The highest BCUT2D eigenvalue weighted by Gasteiger charge is 2.01. The Morgan fingerprint density at radius 2 is 2.40 bits per heavy atom. The third kappa shape index (κ3) is 4.90. The Morgan fingerprint density at radius 3 is 3.00 bits per heavy atom. The summed E-state index contributed by atoms with van der Waals surface area (Å²) in [5.74, 6) is 0.271. The van der Waals surface area contributed by atoms with Gasteiger partial charge in [0, 0.05) is 12.6 Å². The zero-order chi connectivity index (χ0) is 11.1. The molecule has 80 valence electrons. The van der Waals surface area contributed by atoms with Gasteiger partial charge in [0.25, 0.3) is 0 Å². The van der Waals surface area contributed by atoms with Gasteiger partial charge in [0.05, 0.1) is 11.9 Å². The number of aromatic nitrogens is 1. The molecular weight excluding hydrogens is 190 g/mol. The lowest BCUT2D eigenvalue weighted by Crippen LogP contribution is -2.19. The van der Waals surface area contributed by atoms with Crippen LogP contribution in [-0.2, 0) is 4.79 Å². The Bertz CT molecular complexity index is 333. The van der Waals surface area contributed by atoms with E-state index in [0.29, 0.717) is 12.3 Å². The van der Waals surface area contributed by atoms with Crippen LogP contribution in [0.1, 0.15) is 26.0 Å². The Labute approximate surface area is 89.4 Å². The molecule has 0 aromatic carbocycles. The minimum absolute atomic E-state index is 0.0721. The average Bonchev–Trinajstić information content (AvgIpc) is 2.18. The molecule has 0 atom stereocenters. The van der Waals surface area contributed by atoms with E-state index in [2.05, 4.69) is 15.5 Å². The van der Waals surface area contributed by atoms with Crippen LogP contribution in [0.25, 0.3) is 0 Å². The van der Waals surface area contributed by atoms with Crippen LogP contribution in [0.4, 0.5) is 0 Å². The SMILES string of the molecule is CC(C)CC(=O)NN=Cc1ccccn1. The molecule has 0 aliphatic rings. The van der Waals surface area contributed by atoms with Crippen LogP contribution in [0, 0.1) is 5.92 Å². The maximum absolute atomic E-state index is 11.2. The number of nitrogens with zero attached hydrogens (tertiary/aromatic N) is 2. The van der Waals surface area contributed by atoms with E-state index in [1.54, 1.807) is 6.20 Å². The van der Waals surface area contributed by atoms with E-state index in [4.69, 9.17) is 0 Å². The second kappa shape index (κ2) is 5.90. The molecule has 4 nitrogen and oxygen atoms in total. The van der Waals surface area contributed by atoms with E-state index < -0.39 is 0 Å². The lowest BCUT2D eigenvalue weighted by Gasteiger charge is -2.01.